The zero-order chi connectivity index (χ0) is 22.0. The predicted molar refractivity (Wildman–Crippen MR) is 128 cm³/mol. The van der Waals surface area contributed by atoms with Crippen molar-refractivity contribution in [1.82, 2.24) is 9.78 Å². The summed E-state index contributed by atoms with van der Waals surface area (Å²) in [7, 11) is 1.68. The summed E-state index contributed by atoms with van der Waals surface area (Å²) in [6, 6.07) is 19.3. The van der Waals surface area contributed by atoms with Crippen LogP contribution in [0, 0.1) is 0 Å². The number of allylic oxidation sites excluding steroid dienone is 2. The average molecular weight is 426 g/mol. The maximum absolute atomic E-state index is 11.0. The SMILES string of the molecule is COc1ccc(C2(c3ccccc3)C=Cc3c(NC4CCC4)nn(C=CC=O)c3C2)cc1. The van der Waals surface area contributed by atoms with Gasteiger partial charge in [0.15, 0.2) is 5.82 Å². The van der Waals surface area contributed by atoms with Gasteiger partial charge >= 0.3 is 0 Å². The van der Waals surface area contributed by atoms with E-state index >= 15 is 0 Å². The predicted octanol–water partition coefficient (Wildman–Crippen LogP) is 5.08. The van der Waals surface area contributed by atoms with E-state index in [0.29, 0.717) is 6.04 Å². The lowest BCUT2D eigenvalue weighted by atomic mass is 9.68. The van der Waals surface area contributed by atoms with Gasteiger partial charge in [0.1, 0.15) is 12.0 Å². The molecule has 5 heteroatoms. The fourth-order valence-electron chi connectivity index (χ4n) is 4.66. The summed E-state index contributed by atoms with van der Waals surface area (Å²) in [5.41, 5.74) is 4.25. The average Bonchev–Trinajstić information content (AvgIpc) is 3.17. The summed E-state index contributed by atoms with van der Waals surface area (Å²) < 4.78 is 7.25. The minimum Gasteiger partial charge on any atom is -0.497 e. The third-order valence-electron chi connectivity index (χ3n) is 6.68. The molecule has 0 bridgehead atoms. The number of methoxy groups -OCH3 is 1. The van der Waals surface area contributed by atoms with Crippen LogP contribution in [-0.2, 0) is 16.6 Å². The standard InChI is InChI=1S/C27H27N3O2/c1-32-23-13-11-21(12-14-23)27(20-7-3-2-4-8-20)16-15-24-25(19-27)30(17-6-18-31)29-26(24)28-22-9-5-10-22/h2-4,6-8,11-18,22H,5,9-10,19H2,1H3,(H,28,29). The van der Waals surface area contributed by atoms with Crippen LogP contribution in [0.1, 0.15) is 41.6 Å². The topological polar surface area (TPSA) is 56.1 Å². The van der Waals surface area contributed by atoms with Crippen LogP contribution >= 0.6 is 0 Å². The van der Waals surface area contributed by atoms with Gasteiger partial charge in [0.2, 0.25) is 0 Å². The molecule has 1 heterocycles. The highest BCUT2D eigenvalue weighted by Crippen LogP contribution is 2.44. The van der Waals surface area contributed by atoms with Crippen LogP contribution in [0.4, 0.5) is 5.82 Å². The van der Waals surface area contributed by atoms with Crippen LogP contribution in [0.2, 0.25) is 0 Å². The van der Waals surface area contributed by atoms with Crippen LogP contribution in [0.3, 0.4) is 0 Å². The molecule has 0 amide bonds. The van der Waals surface area contributed by atoms with Crippen molar-refractivity contribution in [1.29, 1.82) is 0 Å². The number of rotatable bonds is 7. The van der Waals surface area contributed by atoms with Crippen LogP contribution in [-0.4, -0.2) is 29.2 Å². The van der Waals surface area contributed by atoms with Crippen molar-refractivity contribution in [2.75, 3.05) is 12.4 Å². The molecule has 1 saturated carbocycles. The molecule has 1 fully saturated rings. The Morgan fingerprint density at radius 1 is 1.09 bits per heavy atom. The number of benzene rings is 2. The molecule has 0 saturated heterocycles. The van der Waals surface area contributed by atoms with E-state index in [9.17, 15) is 4.79 Å². The normalized spacial score (nSPS) is 20.0. The zero-order valence-corrected chi connectivity index (χ0v) is 18.2. The summed E-state index contributed by atoms with van der Waals surface area (Å²) in [6.07, 6.45) is 12.9. The molecule has 2 aliphatic carbocycles. The molecule has 0 spiro atoms. The largest absolute Gasteiger partial charge is 0.497 e. The molecular formula is C27H27N3O2. The molecule has 1 atom stereocenters. The first-order chi connectivity index (χ1) is 15.7. The van der Waals surface area contributed by atoms with E-state index < -0.39 is 0 Å². The number of nitrogens with zero attached hydrogens (tertiary/aromatic N) is 2. The Labute approximate surface area is 188 Å². The number of fused-ring (bicyclic) bond motifs is 1. The number of aldehydes is 1. The first-order valence-electron chi connectivity index (χ1n) is 11.1. The van der Waals surface area contributed by atoms with Crippen molar-refractivity contribution in [2.45, 2.75) is 37.1 Å². The molecule has 2 aliphatic rings. The lowest BCUT2D eigenvalue weighted by molar-refractivity contribution is -0.104. The molecule has 32 heavy (non-hydrogen) atoms. The Kier molecular flexibility index (Phi) is 5.39. The Morgan fingerprint density at radius 3 is 2.50 bits per heavy atom. The third-order valence-corrected chi connectivity index (χ3v) is 6.68. The molecule has 0 aliphatic heterocycles. The van der Waals surface area contributed by atoms with Gasteiger partial charge in [-0.1, -0.05) is 54.6 Å². The number of carbonyl (C=O) groups is 1. The fourth-order valence-corrected chi connectivity index (χ4v) is 4.66. The van der Waals surface area contributed by atoms with Crippen molar-refractivity contribution in [2.24, 2.45) is 0 Å². The van der Waals surface area contributed by atoms with Gasteiger partial charge in [-0.25, -0.2) is 4.68 Å². The highest BCUT2D eigenvalue weighted by Gasteiger charge is 2.38. The number of hydrogen-bond acceptors (Lipinski definition) is 4. The van der Waals surface area contributed by atoms with Crippen molar-refractivity contribution >= 4 is 24.4 Å². The molecule has 5 rings (SSSR count). The van der Waals surface area contributed by atoms with Gasteiger partial charge in [-0.3, -0.25) is 4.79 Å². The first-order valence-corrected chi connectivity index (χ1v) is 11.1. The second-order valence-electron chi connectivity index (χ2n) is 8.48. The molecule has 1 N–H and O–H groups in total. The molecule has 3 aromatic rings. The lowest BCUT2D eigenvalue weighted by Gasteiger charge is -2.35. The number of carbonyl (C=O) groups excluding carboxylic acids is 1. The fraction of sp³-hybridized carbons (Fsp3) is 0.259. The second kappa shape index (κ2) is 8.50. The van der Waals surface area contributed by atoms with Crippen LogP contribution in [0.15, 0.2) is 66.7 Å². The van der Waals surface area contributed by atoms with E-state index in [-0.39, 0.29) is 5.41 Å². The van der Waals surface area contributed by atoms with Gasteiger partial charge in [-0.2, -0.15) is 5.10 Å². The maximum Gasteiger partial charge on any atom is 0.156 e. The highest BCUT2D eigenvalue weighted by molar-refractivity contribution is 5.74. The number of aromatic nitrogens is 2. The molecular weight excluding hydrogens is 398 g/mol. The number of ether oxygens (including phenoxy) is 1. The Bertz CT molecular complexity index is 1160. The molecule has 162 valence electrons. The first kappa shape index (κ1) is 20.3. The van der Waals surface area contributed by atoms with Gasteiger partial charge in [-0.05, 0) is 48.6 Å². The quantitative estimate of drug-likeness (QED) is 0.424. The van der Waals surface area contributed by atoms with E-state index in [4.69, 9.17) is 9.84 Å². The van der Waals surface area contributed by atoms with E-state index in [2.05, 4.69) is 53.9 Å². The van der Waals surface area contributed by atoms with Crippen molar-refractivity contribution in [3.8, 4) is 5.75 Å². The van der Waals surface area contributed by atoms with E-state index in [1.54, 1.807) is 13.3 Å². The van der Waals surface area contributed by atoms with Crippen LogP contribution < -0.4 is 10.1 Å². The number of hydrogen-bond donors (Lipinski definition) is 1. The molecule has 0 radical (unpaired) electrons. The van der Waals surface area contributed by atoms with Gasteiger partial charge in [-0.15, -0.1) is 0 Å². The molecule has 1 unspecified atom stereocenters. The maximum atomic E-state index is 11.0. The Morgan fingerprint density at radius 2 is 1.84 bits per heavy atom. The van der Waals surface area contributed by atoms with Gasteiger partial charge in [0.25, 0.3) is 0 Å². The van der Waals surface area contributed by atoms with Crippen molar-refractivity contribution in [3.05, 3.63) is 89.1 Å². The van der Waals surface area contributed by atoms with Crippen molar-refractivity contribution < 1.29 is 9.53 Å². The van der Waals surface area contributed by atoms with E-state index in [1.807, 2.05) is 22.9 Å². The van der Waals surface area contributed by atoms with Crippen LogP contribution in [0.25, 0.3) is 12.3 Å². The van der Waals surface area contributed by atoms with Crippen molar-refractivity contribution in [3.63, 3.8) is 0 Å². The van der Waals surface area contributed by atoms with Crippen LogP contribution in [0.5, 0.6) is 5.75 Å². The van der Waals surface area contributed by atoms with Gasteiger partial charge in [0, 0.05) is 29.6 Å². The Balaban J connectivity index is 1.63. The summed E-state index contributed by atoms with van der Waals surface area (Å²) in [5.74, 6) is 1.73. The highest BCUT2D eigenvalue weighted by atomic mass is 16.5. The summed E-state index contributed by atoms with van der Waals surface area (Å²) in [6.45, 7) is 0. The Hall–Kier alpha value is -3.60. The smallest absolute Gasteiger partial charge is 0.156 e. The molecule has 5 nitrogen and oxygen atoms in total. The summed E-state index contributed by atoms with van der Waals surface area (Å²) in [5, 5.41) is 8.42. The van der Waals surface area contributed by atoms with E-state index in [0.717, 1.165) is 35.5 Å². The summed E-state index contributed by atoms with van der Waals surface area (Å²) in [4.78, 5) is 11.0. The van der Waals surface area contributed by atoms with E-state index in [1.165, 1.54) is 36.5 Å². The zero-order valence-electron chi connectivity index (χ0n) is 18.2. The minimum absolute atomic E-state index is 0.346. The van der Waals surface area contributed by atoms with Gasteiger partial charge < -0.3 is 10.1 Å². The van der Waals surface area contributed by atoms with Gasteiger partial charge in [0.05, 0.1) is 12.8 Å². The number of anilines is 1. The number of nitrogens with one attached hydrogen (secondary N) is 1. The minimum atomic E-state index is -0.346. The molecule has 1 aromatic heterocycles. The lowest BCUT2D eigenvalue weighted by Crippen LogP contribution is -2.31. The third kappa shape index (κ3) is 3.54. The molecule has 2 aromatic carbocycles. The monoisotopic (exact) mass is 425 g/mol. The second-order valence-corrected chi connectivity index (χ2v) is 8.48. The summed E-state index contributed by atoms with van der Waals surface area (Å²) >= 11 is 0.